The second-order valence-electron chi connectivity index (χ2n) is 7.51. The molecule has 1 fully saturated rings. The molecule has 0 unspecified atom stereocenters. The summed E-state index contributed by atoms with van der Waals surface area (Å²) in [7, 11) is -3.13. The van der Waals surface area contributed by atoms with Crippen LogP contribution < -0.4 is 14.2 Å². The van der Waals surface area contributed by atoms with Gasteiger partial charge in [0.2, 0.25) is 10.0 Å². The summed E-state index contributed by atoms with van der Waals surface area (Å²) in [4.78, 5) is 6.59. The Morgan fingerprint density at radius 3 is 2.52 bits per heavy atom. The number of hydrogen-bond acceptors (Lipinski definition) is 7. The van der Waals surface area contributed by atoms with Gasteiger partial charge in [0.1, 0.15) is 23.6 Å². The third-order valence-corrected chi connectivity index (χ3v) is 6.75. The fourth-order valence-corrected chi connectivity index (χ4v) is 4.41. The van der Waals surface area contributed by atoms with E-state index in [0.29, 0.717) is 17.9 Å². The summed E-state index contributed by atoms with van der Waals surface area (Å²) in [6.45, 7) is 4.74. The summed E-state index contributed by atoms with van der Waals surface area (Å²) in [6.07, 6.45) is 1.85. The molecule has 1 aliphatic heterocycles. The largest absolute Gasteiger partial charge is 0.492 e. The van der Waals surface area contributed by atoms with E-state index < -0.39 is 10.0 Å². The van der Waals surface area contributed by atoms with Crippen molar-refractivity contribution in [2.75, 3.05) is 32.0 Å². The predicted molar refractivity (Wildman–Crippen MR) is 118 cm³/mol. The van der Waals surface area contributed by atoms with E-state index in [1.54, 1.807) is 6.92 Å². The predicted octanol–water partition coefficient (Wildman–Crippen LogP) is 3.40. The van der Waals surface area contributed by atoms with E-state index in [4.69, 9.17) is 13.9 Å². The van der Waals surface area contributed by atoms with Crippen LogP contribution >= 0.6 is 0 Å². The molecule has 31 heavy (non-hydrogen) atoms. The molecule has 1 aliphatic rings. The third-order valence-electron chi connectivity index (χ3n) is 5.29. The highest BCUT2D eigenvalue weighted by molar-refractivity contribution is 7.89. The van der Waals surface area contributed by atoms with E-state index in [0.717, 1.165) is 43.7 Å². The Morgan fingerprint density at radius 2 is 1.81 bits per heavy atom. The zero-order valence-electron chi connectivity index (χ0n) is 17.5. The fraction of sp³-hybridized carbons (Fsp3) is 0.409. The minimum absolute atomic E-state index is 0.0379. The number of nitrogens with zero attached hydrogens (tertiary/aromatic N) is 2. The van der Waals surface area contributed by atoms with Gasteiger partial charge >= 0.3 is 6.08 Å². The maximum atomic E-state index is 11.7. The number of oxazole rings is 1. The van der Waals surface area contributed by atoms with Gasteiger partial charge in [-0.1, -0.05) is 12.1 Å². The molecule has 0 atom stereocenters. The summed E-state index contributed by atoms with van der Waals surface area (Å²) in [5.74, 6) is 1.51. The summed E-state index contributed by atoms with van der Waals surface area (Å²) in [5, 5.41) is 0. The average Bonchev–Trinajstić information content (AvgIpc) is 3.18. The maximum Gasteiger partial charge on any atom is 0.400 e. The molecule has 2 aromatic carbocycles. The smallest absolute Gasteiger partial charge is 0.400 e. The lowest BCUT2D eigenvalue weighted by molar-refractivity contribution is 0.170. The van der Waals surface area contributed by atoms with Gasteiger partial charge in [-0.05, 0) is 69.3 Å². The number of aromatic nitrogens is 1. The van der Waals surface area contributed by atoms with Crippen LogP contribution in [0, 0.1) is 0 Å². The third kappa shape index (κ3) is 5.96. The first-order valence-electron chi connectivity index (χ1n) is 10.5. The number of para-hydroxylation sites is 2. The van der Waals surface area contributed by atoms with Crippen LogP contribution in [0.2, 0.25) is 0 Å². The Balaban J connectivity index is 1.19. The number of hydrogen-bond donors (Lipinski definition) is 1. The molecule has 1 saturated heterocycles. The van der Waals surface area contributed by atoms with Crippen molar-refractivity contribution in [3.63, 3.8) is 0 Å². The van der Waals surface area contributed by atoms with Crippen molar-refractivity contribution in [2.24, 2.45) is 0 Å². The maximum absolute atomic E-state index is 11.7. The van der Waals surface area contributed by atoms with Crippen molar-refractivity contribution in [3.8, 4) is 17.6 Å². The molecule has 4 rings (SSSR count). The Morgan fingerprint density at radius 1 is 1.10 bits per heavy atom. The molecule has 1 aromatic heterocycles. The number of nitrogens with one attached hydrogen (secondary N) is 1. The van der Waals surface area contributed by atoms with E-state index in [1.165, 1.54) is 0 Å². The van der Waals surface area contributed by atoms with E-state index in [9.17, 15) is 8.42 Å². The van der Waals surface area contributed by atoms with Crippen molar-refractivity contribution >= 4 is 21.1 Å². The number of ether oxygens (including phenoxy) is 2. The van der Waals surface area contributed by atoms with Crippen molar-refractivity contribution in [2.45, 2.75) is 25.8 Å². The zero-order chi connectivity index (χ0) is 21.7. The molecule has 0 amide bonds. The second-order valence-corrected chi connectivity index (χ2v) is 9.55. The van der Waals surface area contributed by atoms with E-state index in [-0.39, 0.29) is 17.9 Å². The van der Waals surface area contributed by atoms with Crippen LogP contribution in [-0.2, 0) is 10.0 Å². The molecular formula is C22H27N3O5S. The van der Waals surface area contributed by atoms with Crippen molar-refractivity contribution in [3.05, 3.63) is 48.5 Å². The van der Waals surface area contributed by atoms with Gasteiger partial charge in [0.25, 0.3) is 0 Å². The average molecular weight is 446 g/mol. The topological polar surface area (TPSA) is 93.9 Å². The van der Waals surface area contributed by atoms with Gasteiger partial charge in [0.15, 0.2) is 5.58 Å². The quantitative estimate of drug-likeness (QED) is 0.539. The highest BCUT2D eigenvalue weighted by atomic mass is 32.2. The van der Waals surface area contributed by atoms with Gasteiger partial charge in [-0.15, -0.1) is 0 Å². The second kappa shape index (κ2) is 9.67. The van der Waals surface area contributed by atoms with Gasteiger partial charge in [-0.2, -0.15) is 4.98 Å². The van der Waals surface area contributed by atoms with Gasteiger partial charge in [-0.3, -0.25) is 4.90 Å². The van der Waals surface area contributed by atoms with Crippen molar-refractivity contribution in [1.29, 1.82) is 0 Å². The van der Waals surface area contributed by atoms with Gasteiger partial charge < -0.3 is 13.9 Å². The standard InChI is InChI=1S/C22H27N3O5S/c1-2-31(26,27)24-17-11-13-25(14-12-17)15-16-28-18-7-9-19(10-8-18)29-22-23-20-5-3-4-6-21(20)30-22/h3-10,17,24H,2,11-16H2,1H3. The molecule has 3 aromatic rings. The number of piperidine rings is 1. The molecule has 0 spiro atoms. The van der Waals surface area contributed by atoms with Crippen LogP contribution in [0.3, 0.4) is 0 Å². The Bertz CT molecular complexity index is 1060. The van der Waals surface area contributed by atoms with Crippen LogP contribution in [0.4, 0.5) is 0 Å². The molecule has 0 saturated carbocycles. The zero-order valence-corrected chi connectivity index (χ0v) is 18.3. The van der Waals surface area contributed by atoms with Crippen LogP contribution in [-0.4, -0.2) is 56.3 Å². The van der Waals surface area contributed by atoms with Crippen LogP contribution in [0.15, 0.2) is 52.9 Å². The molecular weight excluding hydrogens is 418 g/mol. The molecule has 2 heterocycles. The van der Waals surface area contributed by atoms with E-state index >= 15 is 0 Å². The normalized spacial score (nSPS) is 15.9. The Hall–Kier alpha value is -2.62. The molecule has 8 nitrogen and oxygen atoms in total. The van der Waals surface area contributed by atoms with Gasteiger partial charge in [0, 0.05) is 12.6 Å². The van der Waals surface area contributed by atoms with Crippen molar-refractivity contribution in [1.82, 2.24) is 14.6 Å². The fourth-order valence-electron chi connectivity index (χ4n) is 3.50. The summed E-state index contributed by atoms with van der Waals surface area (Å²) < 4.78 is 43.2. The number of benzene rings is 2. The summed E-state index contributed by atoms with van der Waals surface area (Å²) >= 11 is 0. The lowest BCUT2D eigenvalue weighted by Gasteiger charge is -2.31. The number of likely N-dealkylation sites (tertiary alicyclic amines) is 1. The first-order chi connectivity index (χ1) is 15.0. The van der Waals surface area contributed by atoms with E-state index in [2.05, 4.69) is 14.6 Å². The lowest BCUT2D eigenvalue weighted by Crippen LogP contribution is -2.45. The van der Waals surface area contributed by atoms with Gasteiger partial charge in [-0.25, -0.2) is 13.1 Å². The van der Waals surface area contributed by atoms with Crippen LogP contribution in [0.25, 0.3) is 11.1 Å². The Labute approximate surface area is 182 Å². The molecule has 0 radical (unpaired) electrons. The lowest BCUT2D eigenvalue weighted by atomic mass is 10.1. The van der Waals surface area contributed by atoms with Gasteiger partial charge in [0.05, 0.1) is 5.75 Å². The van der Waals surface area contributed by atoms with E-state index in [1.807, 2.05) is 48.5 Å². The molecule has 1 N–H and O–H groups in total. The minimum atomic E-state index is -3.13. The van der Waals surface area contributed by atoms with Crippen LogP contribution in [0.5, 0.6) is 17.6 Å². The summed E-state index contributed by atoms with van der Waals surface area (Å²) in [5.41, 5.74) is 1.44. The first kappa shape index (κ1) is 21.6. The molecule has 9 heteroatoms. The highest BCUT2D eigenvalue weighted by Gasteiger charge is 2.22. The first-order valence-corrected chi connectivity index (χ1v) is 12.1. The van der Waals surface area contributed by atoms with Crippen molar-refractivity contribution < 1.29 is 22.3 Å². The molecule has 0 aliphatic carbocycles. The minimum Gasteiger partial charge on any atom is -0.492 e. The van der Waals surface area contributed by atoms with Crippen LogP contribution in [0.1, 0.15) is 19.8 Å². The number of rotatable bonds is 9. The molecule has 166 valence electrons. The number of fused-ring (bicyclic) bond motifs is 1. The highest BCUT2D eigenvalue weighted by Crippen LogP contribution is 2.26. The molecule has 0 bridgehead atoms. The number of sulfonamides is 1. The monoisotopic (exact) mass is 445 g/mol. The Kier molecular flexibility index (Phi) is 6.74. The SMILES string of the molecule is CCS(=O)(=O)NC1CCN(CCOc2ccc(Oc3nc4ccccc4o3)cc2)CC1. The summed E-state index contributed by atoms with van der Waals surface area (Å²) in [6, 6.07) is 14.9.